The zero-order valence-electron chi connectivity index (χ0n) is 11.0. The van der Waals surface area contributed by atoms with E-state index in [0.717, 1.165) is 18.9 Å². The standard InChI is InChI=1S/C15H12ClFN2O2/c16-12-7-14(15(19(20)21)8-13(12)17)18-11-5-9-3-1-2-4-10(9)6-11/h1-4,7-8,11,18H,5-6H2. The number of anilines is 1. The molecule has 3 rings (SSSR count). The highest BCUT2D eigenvalue weighted by Crippen LogP contribution is 2.33. The van der Waals surface area contributed by atoms with E-state index in [9.17, 15) is 14.5 Å². The summed E-state index contributed by atoms with van der Waals surface area (Å²) in [4.78, 5) is 10.4. The van der Waals surface area contributed by atoms with Crippen molar-refractivity contribution in [2.75, 3.05) is 5.32 Å². The molecule has 0 aliphatic heterocycles. The smallest absolute Gasteiger partial charge is 0.295 e. The Labute approximate surface area is 125 Å². The zero-order chi connectivity index (χ0) is 15.0. The van der Waals surface area contributed by atoms with Crippen LogP contribution in [-0.2, 0) is 12.8 Å². The number of nitro groups is 1. The van der Waals surface area contributed by atoms with Gasteiger partial charge in [-0.3, -0.25) is 10.1 Å². The molecule has 1 N–H and O–H groups in total. The zero-order valence-corrected chi connectivity index (χ0v) is 11.7. The monoisotopic (exact) mass is 306 g/mol. The van der Waals surface area contributed by atoms with Gasteiger partial charge in [-0.1, -0.05) is 35.9 Å². The molecule has 0 saturated heterocycles. The number of hydrogen-bond donors (Lipinski definition) is 1. The minimum Gasteiger partial charge on any atom is -0.376 e. The normalized spacial score (nSPS) is 14.0. The van der Waals surface area contributed by atoms with Crippen LogP contribution in [0.3, 0.4) is 0 Å². The Bertz CT molecular complexity index is 696. The van der Waals surface area contributed by atoms with Gasteiger partial charge in [0.15, 0.2) is 0 Å². The lowest BCUT2D eigenvalue weighted by molar-refractivity contribution is -0.384. The topological polar surface area (TPSA) is 55.2 Å². The largest absolute Gasteiger partial charge is 0.376 e. The van der Waals surface area contributed by atoms with Gasteiger partial charge in [-0.15, -0.1) is 0 Å². The molecule has 6 heteroatoms. The van der Waals surface area contributed by atoms with Crippen LogP contribution in [0.25, 0.3) is 0 Å². The lowest BCUT2D eigenvalue weighted by atomic mass is 10.1. The van der Waals surface area contributed by atoms with Crippen LogP contribution in [0.5, 0.6) is 0 Å². The second kappa shape index (κ2) is 5.33. The third-order valence-corrected chi connectivity index (χ3v) is 3.94. The van der Waals surface area contributed by atoms with E-state index in [2.05, 4.69) is 5.32 Å². The second-order valence-electron chi connectivity index (χ2n) is 5.06. The van der Waals surface area contributed by atoms with Gasteiger partial charge in [-0.25, -0.2) is 4.39 Å². The van der Waals surface area contributed by atoms with Crippen LogP contribution in [0.2, 0.25) is 5.02 Å². The van der Waals surface area contributed by atoms with Gasteiger partial charge in [0, 0.05) is 6.04 Å². The van der Waals surface area contributed by atoms with Gasteiger partial charge in [0.05, 0.1) is 16.0 Å². The molecule has 0 atom stereocenters. The molecule has 2 aromatic rings. The first kappa shape index (κ1) is 13.8. The Kier molecular flexibility index (Phi) is 3.51. The summed E-state index contributed by atoms with van der Waals surface area (Å²) in [5.74, 6) is -0.788. The molecular weight excluding hydrogens is 295 g/mol. The molecule has 0 heterocycles. The average molecular weight is 307 g/mol. The number of nitrogens with zero attached hydrogens (tertiary/aromatic N) is 1. The maximum Gasteiger partial charge on any atom is 0.295 e. The predicted octanol–water partition coefficient (Wildman–Crippen LogP) is 3.97. The first-order valence-corrected chi connectivity index (χ1v) is 6.89. The maximum atomic E-state index is 13.4. The van der Waals surface area contributed by atoms with Crippen LogP contribution in [0, 0.1) is 15.9 Å². The Morgan fingerprint density at radius 2 is 1.86 bits per heavy atom. The Morgan fingerprint density at radius 1 is 1.24 bits per heavy atom. The lowest BCUT2D eigenvalue weighted by Gasteiger charge is -2.14. The average Bonchev–Trinajstić information content (AvgIpc) is 2.84. The van der Waals surface area contributed by atoms with Crippen LogP contribution in [-0.4, -0.2) is 11.0 Å². The van der Waals surface area contributed by atoms with Crippen molar-refractivity contribution < 1.29 is 9.31 Å². The molecule has 0 saturated carbocycles. The molecule has 0 unspecified atom stereocenters. The Hall–Kier alpha value is -2.14. The molecule has 0 bridgehead atoms. The number of rotatable bonds is 3. The minimum atomic E-state index is -0.788. The van der Waals surface area contributed by atoms with E-state index >= 15 is 0 Å². The summed E-state index contributed by atoms with van der Waals surface area (Å²) >= 11 is 5.73. The fourth-order valence-corrected chi connectivity index (χ4v) is 2.85. The summed E-state index contributed by atoms with van der Waals surface area (Å²) in [5.41, 5.74) is 2.41. The molecule has 1 aliphatic rings. The molecule has 0 aromatic heterocycles. The molecule has 2 aromatic carbocycles. The van der Waals surface area contributed by atoms with E-state index in [1.54, 1.807) is 0 Å². The van der Waals surface area contributed by atoms with Gasteiger partial charge in [0.25, 0.3) is 5.69 Å². The van der Waals surface area contributed by atoms with Crippen molar-refractivity contribution in [3.05, 3.63) is 68.5 Å². The van der Waals surface area contributed by atoms with Crippen LogP contribution in [0.4, 0.5) is 15.8 Å². The Balaban J connectivity index is 1.86. The van der Waals surface area contributed by atoms with E-state index in [1.807, 2.05) is 24.3 Å². The first-order valence-electron chi connectivity index (χ1n) is 6.51. The summed E-state index contributed by atoms with van der Waals surface area (Å²) < 4.78 is 13.4. The van der Waals surface area contributed by atoms with Crippen molar-refractivity contribution in [2.45, 2.75) is 18.9 Å². The molecule has 1 aliphatic carbocycles. The summed E-state index contributed by atoms with van der Waals surface area (Å²) in [6.45, 7) is 0. The Morgan fingerprint density at radius 3 is 2.43 bits per heavy atom. The second-order valence-corrected chi connectivity index (χ2v) is 5.47. The molecule has 4 nitrogen and oxygen atoms in total. The molecule has 0 fully saturated rings. The molecular formula is C15H12ClFN2O2. The molecule has 108 valence electrons. The third-order valence-electron chi connectivity index (χ3n) is 3.65. The number of nitro benzene ring substituents is 1. The van der Waals surface area contributed by atoms with Gasteiger partial charge in [0.2, 0.25) is 0 Å². The lowest BCUT2D eigenvalue weighted by Crippen LogP contribution is -2.20. The summed E-state index contributed by atoms with van der Waals surface area (Å²) in [6, 6.07) is 10.2. The highest BCUT2D eigenvalue weighted by atomic mass is 35.5. The van der Waals surface area contributed by atoms with Crippen LogP contribution < -0.4 is 5.32 Å². The first-order chi connectivity index (χ1) is 10.0. The predicted molar refractivity (Wildman–Crippen MR) is 79.3 cm³/mol. The number of benzene rings is 2. The number of halogens is 2. The number of fused-ring (bicyclic) bond motifs is 1. The van der Waals surface area contributed by atoms with Gasteiger partial charge < -0.3 is 5.32 Å². The van der Waals surface area contributed by atoms with Crippen LogP contribution >= 0.6 is 11.6 Å². The van der Waals surface area contributed by atoms with Gasteiger partial charge in [-0.05, 0) is 30.0 Å². The van der Waals surface area contributed by atoms with E-state index < -0.39 is 10.7 Å². The van der Waals surface area contributed by atoms with E-state index in [1.165, 1.54) is 17.2 Å². The minimum absolute atomic E-state index is 0.0441. The van der Waals surface area contributed by atoms with Gasteiger partial charge in [-0.2, -0.15) is 0 Å². The number of hydrogen-bond acceptors (Lipinski definition) is 3. The van der Waals surface area contributed by atoms with E-state index in [0.29, 0.717) is 0 Å². The van der Waals surface area contributed by atoms with E-state index in [-0.39, 0.29) is 22.4 Å². The molecule has 0 amide bonds. The number of nitrogens with one attached hydrogen (secondary N) is 1. The highest BCUT2D eigenvalue weighted by Gasteiger charge is 2.24. The van der Waals surface area contributed by atoms with Crippen molar-refractivity contribution in [3.63, 3.8) is 0 Å². The fourth-order valence-electron chi connectivity index (χ4n) is 2.68. The van der Waals surface area contributed by atoms with Gasteiger partial charge in [0.1, 0.15) is 11.5 Å². The SMILES string of the molecule is O=[N+]([O-])c1cc(F)c(Cl)cc1NC1Cc2ccccc2C1. The van der Waals surface area contributed by atoms with E-state index in [4.69, 9.17) is 11.6 Å². The fraction of sp³-hybridized carbons (Fsp3) is 0.200. The van der Waals surface area contributed by atoms with Gasteiger partial charge >= 0.3 is 0 Å². The summed E-state index contributed by atoms with van der Waals surface area (Å²) in [5, 5.41) is 14.0. The molecule has 0 spiro atoms. The van der Waals surface area contributed by atoms with Crippen molar-refractivity contribution in [1.29, 1.82) is 0 Å². The van der Waals surface area contributed by atoms with Crippen molar-refractivity contribution in [3.8, 4) is 0 Å². The molecule has 0 radical (unpaired) electrons. The van der Waals surface area contributed by atoms with Crippen molar-refractivity contribution in [2.24, 2.45) is 0 Å². The quantitative estimate of drug-likeness (QED) is 0.689. The highest BCUT2D eigenvalue weighted by molar-refractivity contribution is 6.31. The van der Waals surface area contributed by atoms with Crippen LogP contribution in [0.1, 0.15) is 11.1 Å². The molecule has 21 heavy (non-hydrogen) atoms. The summed E-state index contributed by atoms with van der Waals surface area (Å²) in [7, 11) is 0. The van der Waals surface area contributed by atoms with Crippen molar-refractivity contribution in [1.82, 2.24) is 0 Å². The maximum absolute atomic E-state index is 13.4. The van der Waals surface area contributed by atoms with Crippen LogP contribution in [0.15, 0.2) is 36.4 Å². The summed E-state index contributed by atoms with van der Waals surface area (Å²) in [6.07, 6.45) is 1.56. The third kappa shape index (κ3) is 2.69. The van der Waals surface area contributed by atoms with Crippen molar-refractivity contribution >= 4 is 23.0 Å².